The van der Waals surface area contributed by atoms with Gasteiger partial charge in [0.25, 0.3) is 5.91 Å². The minimum Gasteiger partial charge on any atom is -0.385 e. The van der Waals surface area contributed by atoms with Crippen LogP contribution in [0.25, 0.3) is 11.3 Å². The van der Waals surface area contributed by atoms with E-state index in [0.29, 0.717) is 18.7 Å². The second-order valence-corrected chi connectivity index (χ2v) is 10.1. The van der Waals surface area contributed by atoms with E-state index in [1.54, 1.807) is 13.4 Å². The maximum absolute atomic E-state index is 14.1. The molecule has 1 amide bonds. The highest BCUT2D eigenvalue weighted by Gasteiger charge is 2.42. The van der Waals surface area contributed by atoms with Crippen LogP contribution in [0.2, 0.25) is 0 Å². The Balaban J connectivity index is 0.00000200. The van der Waals surface area contributed by atoms with Crippen molar-refractivity contribution in [3.05, 3.63) is 78.2 Å². The number of aliphatic hydroxyl groups is 1. The zero-order valence-electron chi connectivity index (χ0n) is 21.8. The van der Waals surface area contributed by atoms with Gasteiger partial charge < -0.3 is 24.6 Å². The molecule has 0 radical (unpaired) electrons. The topological polar surface area (TPSA) is 79.6 Å². The number of piperazine rings is 1. The van der Waals surface area contributed by atoms with Crippen LogP contribution in [0.3, 0.4) is 0 Å². The Morgan fingerprint density at radius 1 is 1.11 bits per heavy atom. The Kier molecular flexibility index (Phi) is 10.8. The molecular weight excluding hydrogens is 523 g/mol. The lowest BCUT2D eigenvalue weighted by Gasteiger charge is -2.41. The van der Waals surface area contributed by atoms with Crippen molar-refractivity contribution in [1.29, 1.82) is 0 Å². The Morgan fingerprint density at radius 2 is 1.82 bits per heavy atom. The molecule has 206 valence electrons. The average Bonchev–Trinajstić information content (AvgIpc) is 3.35. The fourth-order valence-electron chi connectivity index (χ4n) is 5.89. The number of carbonyl (C=O) groups is 1. The third-order valence-corrected chi connectivity index (χ3v) is 7.66. The largest absolute Gasteiger partial charge is 0.385 e. The van der Waals surface area contributed by atoms with E-state index < -0.39 is 5.60 Å². The molecule has 2 aliphatic rings. The minimum absolute atomic E-state index is 0. The van der Waals surface area contributed by atoms with Crippen molar-refractivity contribution in [2.24, 2.45) is 0 Å². The summed E-state index contributed by atoms with van der Waals surface area (Å²) in [6, 6.07) is 20.1. The van der Waals surface area contributed by atoms with E-state index in [9.17, 15) is 9.90 Å². The van der Waals surface area contributed by atoms with Crippen LogP contribution in [0.4, 0.5) is 0 Å². The van der Waals surface area contributed by atoms with Gasteiger partial charge in [-0.15, -0.1) is 24.8 Å². The molecule has 7 nitrogen and oxygen atoms in total. The smallest absolute Gasteiger partial charge is 0.275 e. The molecule has 3 aromatic rings. The maximum atomic E-state index is 14.1. The van der Waals surface area contributed by atoms with Crippen LogP contribution in [-0.4, -0.2) is 70.5 Å². The number of hydrogen-bond donors (Lipinski definition) is 2. The number of nitrogens with one attached hydrogen (secondary N) is 1. The van der Waals surface area contributed by atoms with Gasteiger partial charge in [0.15, 0.2) is 5.69 Å². The molecule has 9 heteroatoms. The molecule has 0 spiro atoms. The minimum atomic E-state index is -0.998. The van der Waals surface area contributed by atoms with Crippen LogP contribution in [-0.2, 0) is 11.2 Å². The number of rotatable bonds is 7. The first-order chi connectivity index (χ1) is 17.6. The predicted octanol–water partition coefficient (Wildman–Crippen LogP) is 4.54. The van der Waals surface area contributed by atoms with Crippen molar-refractivity contribution < 1.29 is 14.6 Å². The van der Waals surface area contributed by atoms with Crippen LogP contribution >= 0.6 is 24.8 Å². The van der Waals surface area contributed by atoms with E-state index in [0.717, 1.165) is 50.0 Å². The van der Waals surface area contributed by atoms with Crippen LogP contribution in [0, 0.1) is 0 Å². The van der Waals surface area contributed by atoms with Gasteiger partial charge in [0.2, 0.25) is 0 Å². The molecule has 3 atom stereocenters. The lowest BCUT2D eigenvalue weighted by molar-refractivity contribution is -0.0893. The number of ether oxygens (including phenoxy) is 1. The first-order valence-corrected chi connectivity index (χ1v) is 13.0. The molecule has 5 rings (SSSR count). The normalized spacial score (nSPS) is 23.3. The SMILES string of the molecule is COC[C@]1(O)CCCC[C@H]1n1cnc(C(=O)N2CCNC[C@H]2Cc2ccccc2)c1-c1ccccc1.Cl.Cl. The first kappa shape index (κ1) is 30.1. The molecule has 2 fully saturated rings. The van der Waals surface area contributed by atoms with E-state index in [4.69, 9.17) is 9.72 Å². The number of nitrogens with zero attached hydrogens (tertiary/aromatic N) is 3. The Labute approximate surface area is 237 Å². The summed E-state index contributed by atoms with van der Waals surface area (Å²) >= 11 is 0. The number of carbonyl (C=O) groups excluding carboxylic acids is 1. The van der Waals surface area contributed by atoms with Gasteiger partial charge >= 0.3 is 0 Å². The highest BCUT2D eigenvalue weighted by Crippen LogP contribution is 2.41. The van der Waals surface area contributed by atoms with Crippen molar-refractivity contribution in [2.75, 3.05) is 33.4 Å². The number of methoxy groups -OCH3 is 1. The van der Waals surface area contributed by atoms with Crippen LogP contribution in [0.5, 0.6) is 0 Å². The zero-order chi connectivity index (χ0) is 25.0. The highest BCUT2D eigenvalue weighted by molar-refractivity contribution is 5.98. The summed E-state index contributed by atoms with van der Waals surface area (Å²) < 4.78 is 7.47. The molecule has 2 N–H and O–H groups in total. The lowest BCUT2D eigenvalue weighted by Crippen LogP contribution is -2.54. The molecule has 1 saturated carbocycles. The highest BCUT2D eigenvalue weighted by atomic mass is 35.5. The van der Waals surface area contributed by atoms with E-state index in [-0.39, 0.29) is 49.4 Å². The second-order valence-electron chi connectivity index (χ2n) is 10.1. The van der Waals surface area contributed by atoms with Gasteiger partial charge in [0, 0.05) is 38.3 Å². The summed E-state index contributed by atoms with van der Waals surface area (Å²) in [4.78, 5) is 20.8. The van der Waals surface area contributed by atoms with Crippen molar-refractivity contribution in [3.8, 4) is 11.3 Å². The van der Waals surface area contributed by atoms with E-state index in [2.05, 4.69) is 17.4 Å². The summed E-state index contributed by atoms with van der Waals surface area (Å²) in [7, 11) is 1.63. The van der Waals surface area contributed by atoms with Crippen molar-refractivity contribution >= 4 is 30.7 Å². The van der Waals surface area contributed by atoms with Crippen molar-refractivity contribution in [1.82, 2.24) is 19.8 Å². The predicted molar refractivity (Wildman–Crippen MR) is 154 cm³/mol. The summed E-state index contributed by atoms with van der Waals surface area (Å²) in [5.41, 5.74) is 2.37. The molecule has 1 saturated heterocycles. The second kappa shape index (κ2) is 13.6. The van der Waals surface area contributed by atoms with E-state index in [1.807, 2.05) is 58.0 Å². The van der Waals surface area contributed by atoms with Gasteiger partial charge in [-0.3, -0.25) is 4.79 Å². The van der Waals surface area contributed by atoms with Gasteiger partial charge in [-0.2, -0.15) is 0 Å². The first-order valence-electron chi connectivity index (χ1n) is 13.0. The van der Waals surface area contributed by atoms with Gasteiger partial charge in [-0.05, 0) is 24.8 Å². The molecule has 2 aromatic carbocycles. The number of imidazole rings is 1. The standard InChI is InChI=1S/C29H36N4O3.2ClH/c1-36-20-29(35)15-9-8-14-25(29)33-21-31-26(27(33)23-12-6-3-7-13-23)28(34)32-17-16-30-19-24(32)18-22-10-4-2-5-11-22;;/h2-7,10-13,21,24-25,30,35H,8-9,14-20H2,1H3;2*1H/t24-,25-,29-;;/m1../s1. The van der Waals surface area contributed by atoms with Gasteiger partial charge in [-0.25, -0.2) is 4.98 Å². The van der Waals surface area contributed by atoms with Gasteiger partial charge in [-0.1, -0.05) is 73.5 Å². The number of hydrogen-bond acceptors (Lipinski definition) is 5. The summed E-state index contributed by atoms with van der Waals surface area (Å²) in [5.74, 6) is -0.0545. The van der Waals surface area contributed by atoms with Gasteiger partial charge in [0.1, 0.15) is 5.60 Å². The van der Waals surface area contributed by atoms with Crippen LogP contribution in [0.15, 0.2) is 67.0 Å². The fraction of sp³-hybridized carbons (Fsp3) is 0.448. The monoisotopic (exact) mass is 560 g/mol. The molecule has 0 bridgehead atoms. The zero-order valence-corrected chi connectivity index (χ0v) is 23.4. The van der Waals surface area contributed by atoms with Crippen LogP contribution < -0.4 is 5.32 Å². The van der Waals surface area contributed by atoms with Crippen molar-refractivity contribution in [2.45, 2.75) is 49.8 Å². The Morgan fingerprint density at radius 3 is 2.53 bits per heavy atom. The molecule has 0 unspecified atom stereocenters. The number of benzene rings is 2. The number of amides is 1. The lowest BCUT2D eigenvalue weighted by atomic mass is 9.80. The summed E-state index contributed by atoms with van der Waals surface area (Å²) in [6.45, 7) is 2.39. The average molecular weight is 562 g/mol. The molecule has 2 heterocycles. The Hall–Kier alpha value is -2.42. The summed E-state index contributed by atoms with van der Waals surface area (Å²) in [5, 5.41) is 15.0. The maximum Gasteiger partial charge on any atom is 0.275 e. The van der Waals surface area contributed by atoms with Crippen LogP contribution in [0.1, 0.15) is 47.8 Å². The molecule has 1 aromatic heterocycles. The number of aromatic nitrogens is 2. The third-order valence-electron chi connectivity index (χ3n) is 7.66. The quantitative estimate of drug-likeness (QED) is 0.443. The molecule has 38 heavy (non-hydrogen) atoms. The van der Waals surface area contributed by atoms with Gasteiger partial charge in [0.05, 0.1) is 24.7 Å². The molecular formula is C29H38Cl2N4O3. The van der Waals surface area contributed by atoms with Crippen molar-refractivity contribution in [3.63, 3.8) is 0 Å². The fourth-order valence-corrected chi connectivity index (χ4v) is 5.89. The third kappa shape index (κ3) is 6.24. The summed E-state index contributed by atoms with van der Waals surface area (Å²) in [6.07, 6.45) is 5.99. The Bertz CT molecular complexity index is 1160. The van der Waals surface area contributed by atoms with E-state index in [1.165, 1.54) is 5.56 Å². The molecule has 1 aliphatic heterocycles. The number of halogens is 2. The molecule has 1 aliphatic carbocycles. The van der Waals surface area contributed by atoms with E-state index >= 15 is 0 Å².